The number of nitrogens with two attached hydrogens (primary N) is 1. The van der Waals surface area contributed by atoms with Gasteiger partial charge in [0, 0.05) is 37.8 Å². The van der Waals surface area contributed by atoms with Gasteiger partial charge >= 0.3 is 0 Å². The summed E-state index contributed by atoms with van der Waals surface area (Å²) in [4.78, 5) is 4.41. The predicted molar refractivity (Wildman–Crippen MR) is 77.8 cm³/mol. The minimum atomic E-state index is -0.341. The first-order chi connectivity index (χ1) is 9.52. The number of halogens is 1. The quantitative estimate of drug-likeness (QED) is 0.381. The summed E-state index contributed by atoms with van der Waals surface area (Å²) in [5.74, 6) is -0.424. The molecule has 1 aromatic rings. The molecule has 0 radical (unpaired) electrons. The van der Waals surface area contributed by atoms with Crippen LogP contribution in [0.5, 0.6) is 0 Å². The molecule has 1 saturated heterocycles. The van der Waals surface area contributed by atoms with E-state index in [1.807, 2.05) is 4.90 Å². The highest BCUT2D eigenvalue weighted by atomic mass is 19.1. The van der Waals surface area contributed by atoms with Gasteiger partial charge in [-0.1, -0.05) is 5.16 Å². The third-order valence-electron chi connectivity index (χ3n) is 3.74. The maximum absolute atomic E-state index is 14.1. The Morgan fingerprint density at radius 3 is 2.45 bits per heavy atom. The second-order valence-corrected chi connectivity index (χ2v) is 5.27. The molecule has 2 rings (SSSR count). The van der Waals surface area contributed by atoms with E-state index in [9.17, 15) is 4.39 Å². The van der Waals surface area contributed by atoms with Crippen molar-refractivity contribution in [3.8, 4) is 0 Å². The zero-order valence-corrected chi connectivity index (χ0v) is 11.9. The lowest BCUT2D eigenvalue weighted by molar-refractivity contribution is 0.209. The first-order valence-corrected chi connectivity index (χ1v) is 6.79. The minimum Gasteiger partial charge on any atom is -0.409 e. The first kappa shape index (κ1) is 14.6. The van der Waals surface area contributed by atoms with Crippen LogP contribution in [0.2, 0.25) is 0 Å². The number of piperazine rings is 1. The van der Waals surface area contributed by atoms with Gasteiger partial charge in [-0.05, 0) is 32.0 Å². The summed E-state index contributed by atoms with van der Waals surface area (Å²) in [5, 5.41) is 11.5. The van der Waals surface area contributed by atoms with Gasteiger partial charge in [-0.2, -0.15) is 0 Å². The summed E-state index contributed by atoms with van der Waals surface area (Å²) in [6.45, 7) is 7.80. The fourth-order valence-electron chi connectivity index (χ4n) is 2.46. The number of hydrogen-bond acceptors (Lipinski definition) is 4. The molecule has 0 atom stereocenters. The van der Waals surface area contributed by atoms with Gasteiger partial charge in [0.2, 0.25) is 0 Å². The Kier molecular flexibility index (Phi) is 4.44. The van der Waals surface area contributed by atoms with Crippen molar-refractivity contribution in [2.45, 2.75) is 19.9 Å². The molecule has 0 aromatic heterocycles. The van der Waals surface area contributed by atoms with Crippen LogP contribution >= 0.6 is 0 Å². The molecular weight excluding hydrogens is 259 g/mol. The van der Waals surface area contributed by atoms with Gasteiger partial charge in [-0.15, -0.1) is 0 Å². The number of benzene rings is 1. The molecule has 0 aliphatic carbocycles. The van der Waals surface area contributed by atoms with Gasteiger partial charge in [0.15, 0.2) is 5.84 Å². The van der Waals surface area contributed by atoms with Crippen LogP contribution in [0.15, 0.2) is 23.4 Å². The lowest BCUT2D eigenvalue weighted by Gasteiger charge is -2.38. The predicted octanol–water partition coefficient (Wildman–Crippen LogP) is 1.45. The van der Waals surface area contributed by atoms with Gasteiger partial charge in [0.25, 0.3) is 0 Å². The van der Waals surface area contributed by atoms with E-state index in [0.717, 1.165) is 26.2 Å². The molecule has 0 unspecified atom stereocenters. The number of rotatable bonds is 3. The van der Waals surface area contributed by atoms with Crippen LogP contribution in [0.4, 0.5) is 10.1 Å². The Balaban J connectivity index is 2.11. The van der Waals surface area contributed by atoms with E-state index in [1.165, 1.54) is 6.07 Å². The molecule has 0 spiro atoms. The lowest BCUT2D eigenvalue weighted by atomic mass is 10.1. The number of amidine groups is 1. The lowest BCUT2D eigenvalue weighted by Crippen LogP contribution is -2.49. The Bertz CT molecular complexity index is 496. The zero-order chi connectivity index (χ0) is 14.7. The molecule has 1 fully saturated rings. The van der Waals surface area contributed by atoms with Crippen molar-refractivity contribution in [3.63, 3.8) is 0 Å². The fourth-order valence-corrected chi connectivity index (χ4v) is 2.46. The Morgan fingerprint density at radius 2 is 1.95 bits per heavy atom. The molecule has 110 valence electrons. The summed E-state index contributed by atoms with van der Waals surface area (Å²) in [7, 11) is 0. The number of oxime groups is 1. The monoisotopic (exact) mass is 280 g/mol. The van der Waals surface area contributed by atoms with Crippen LogP contribution in [0.1, 0.15) is 19.4 Å². The molecule has 0 amide bonds. The highest BCUT2D eigenvalue weighted by Crippen LogP contribution is 2.22. The summed E-state index contributed by atoms with van der Waals surface area (Å²) >= 11 is 0. The average Bonchev–Trinajstić information content (AvgIpc) is 2.46. The molecule has 5 nitrogen and oxygen atoms in total. The van der Waals surface area contributed by atoms with E-state index in [1.54, 1.807) is 12.1 Å². The first-order valence-electron chi connectivity index (χ1n) is 6.79. The maximum atomic E-state index is 14.1. The zero-order valence-electron chi connectivity index (χ0n) is 11.9. The van der Waals surface area contributed by atoms with Gasteiger partial charge in [0.05, 0.1) is 5.69 Å². The van der Waals surface area contributed by atoms with E-state index in [4.69, 9.17) is 10.9 Å². The van der Waals surface area contributed by atoms with Crippen molar-refractivity contribution in [3.05, 3.63) is 29.6 Å². The van der Waals surface area contributed by atoms with Crippen LogP contribution in [0.3, 0.4) is 0 Å². The number of anilines is 1. The molecule has 0 bridgehead atoms. The molecule has 0 saturated carbocycles. The summed E-state index contributed by atoms with van der Waals surface area (Å²) in [6.07, 6.45) is 0. The van der Waals surface area contributed by atoms with E-state index in [0.29, 0.717) is 17.3 Å². The summed E-state index contributed by atoms with van der Waals surface area (Å²) < 4.78 is 14.1. The van der Waals surface area contributed by atoms with Gasteiger partial charge < -0.3 is 15.8 Å². The third-order valence-corrected chi connectivity index (χ3v) is 3.74. The van der Waals surface area contributed by atoms with E-state index >= 15 is 0 Å². The summed E-state index contributed by atoms with van der Waals surface area (Å²) in [6, 6.07) is 5.18. The number of hydrogen-bond donors (Lipinski definition) is 2. The third kappa shape index (κ3) is 3.01. The van der Waals surface area contributed by atoms with Crippen molar-refractivity contribution in [2.24, 2.45) is 10.9 Å². The molecule has 6 heteroatoms. The largest absolute Gasteiger partial charge is 0.409 e. The summed E-state index contributed by atoms with van der Waals surface area (Å²) in [5.41, 5.74) is 6.41. The van der Waals surface area contributed by atoms with Crippen molar-refractivity contribution >= 4 is 11.5 Å². The van der Waals surface area contributed by atoms with E-state index < -0.39 is 0 Å². The Morgan fingerprint density at radius 1 is 1.30 bits per heavy atom. The molecule has 1 aliphatic rings. The molecule has 1 aliphatic heterocycles. The van der Waals surface area contributed by atoms with Gasteiger partial charge in [0.1, 0.15) is 5.82 Å². The normalized spacial score (nSPS) is 17.8. The maximum Gasteiger partial charge on any atom is 0.170 e. The number of nitrogens with zero attached hydrogens (tertiary/aromatic N) is 3. The van der Waals surface area contributed by atoms with Crippen LogP contribution < -0.4 is 10.6 Å². The fraction of sp³-hybridized carbons (Fsp3) is 0.500. The second-order valence-electron chi connectivity index (χ2n) is 5.27. The Labute approximate surface area is 118 Å². The van der Waals surface area contributed by atoms with Crippen molar-refractivity contribution in [1.82, 2.24) is 4.90 Å². The Hall–Kier alpha value is -1.82. The van der Waals surface area contributed by atoms with Crippen LogP contribution in [0, 0.1) is 5.82 Å². The molecule has 1 aromatic carbocycles. The standard InChI is InChI=1S/C14H21FN4O/c1-10(2)18-5-7-19(8-6-18)13-4-3-11(9-12(13)15)14(16)17-20/h3-4,9-10,20H,5-8H2,1-2H3,(H2,16,17). The topological polar surface area (TPSA) is 65.1 Å². The van der Waals surface area contributed by atoms with Gasteiger partial charge in [-0.3, -0.25) is 4.90 Å². The highest BCUT2D eigenvalue weighted by molar-refractivity contribution is 5.97. The van der Waals surface area contributed by atoms with E-state index in [2.05, 4.69) is 23.9 Å². The SMILES string of the molecule is CC(C)N1CCN(c2ccc(/C(N)=N/O)cc2F)CC1. The smallest absolute Gasteiger partial charge is 0.170 e. The van der Waals surface area contributed by atoms with Crippen LogP contribution in [-0.2, 0) is 0 Å². The van der Waals surface area contributed by atoms with Crippen molar-refractivity contribution < 1.29 is 9.60 Å². The van der Waals surface area contributed by atoms with Gasteiger partial charge in [-0.25, -0.2) is 4.39 Å². The molecule has 20 heavy (non-hydrogen) atoms. The van der Waals surface area contributed by atoms with Crippen LogP contribution in [0.25, 0.3) is 0 Å². The second kappa shape index (κ2) is 6.09. The van der Waals surface area contributed by atoms with Crippen molar-refractivity contribution in [1.29, 1.82) is 0 Å². The minimum absolute atomic E-state index is 0.0833. The van der Waals surface area contributed by atoms with Crippen molar-refractivity contribution in [2.75, 3.05) is 31.1 Å². The highest BCUT2D eigenvalue weighted by Gasteiger charge is 2.21. The molecular formula is C14H21FN4O. The molecule has 3 N–H and O–H groups in total. The van der Waals surface area contributed by atoms with E-state index in [-0.39, 0.29) is 11.7 Å². The van der Waals surface area contributed by atoms with Crippen LogP contribution in [-0.4, -0.2) is 48.2 Å². The molecule has 1 heterocycles. The average molecular weight is 280 g/mol.